The first-order chi connectivity index (χ1) is 18.2. The Kier molecular flexibility index (Phi) is 30.6. The molecule has 0 aromatic rings. The zero-order chi connectivity index (χ0) is 27.1. The van der Waals surface area contributed by atoms with Crippen LogP contribution in [-0.4, -0.2) is 18.4 Å². The maximum absolute atomic E-state index is 12.2. The van der Waals surface area contributed by atoms with E-state index in [9.17, 15) is 9.59 Å². The Balaban J connectivity index is 3.49. The van der Waals surface area contributed by atoms with E-state index >= 15 is 0 Å². The van der Waals surface area contributed by atoms with E-state index in [-0.39, 0.29) is 18.5 Å². The minimum atomic E-state index is -0.264. The minimum Gasteiger partial charge on any atom is -0.462 e. The molecule has 0 rings (SSSR count). The van der Waals surface area contributed by atoms with Crippen LogP contribution in [0.2, 0.25) is 0 Å². The van der Waals surface area contributed by atoms with E-state index in [1.54, 1.807) is 0 Å². The summed E-state index contributed by atoms with van der Waals surface area (Å²) in [4.78, 5) is 23.1. The summed E-state index contributed by atoms with van der Waals surface area (Å²) in [6, 6.07) is 0. The number of ether oxygens (including phenoxy) is 1. The van der Waals surface area contributed by atoms with E-state index in [0.717, 1.165) is 25.7 Å². The molecule has 219 valence electrons. The van der Waals surface area contributed by atoms with E-state index in [2.05, 4.69) is 13.8 Å². The van der Waals surface area contributed by atoms with Crippen LogP contribution in [0.3, 0.4) is 0 Å². The van der Waals surface area contributed by atoms with Crippen LogP contribution in [0.1, 0.15) is 200 Å². The molecule has 37 heavy (non-hydrogen) atoms. The molecule has 1 radical (unpaired) electrons. The molecule has 0 aliphatic carbocycles. The molecule has 0 fully saturated rings. The molecule has 0 aliphatic rings. The van der Waals surface area contributed by atoms with Crippen molar-refractivity contribution in [2.24, 2.45) is 0 Å². The van der Waals surface area contributed by atoms with Gasteiger partial charge in [0.15, 0.2) is 0 Å². The molecule has 1 atom stereocenters. The summed E-state index contributed by atoms with van der Waals surface area (Å²) in [6.07, 6.45) is 37.4. The number of carbonyl (C=O) groups excluding carboxylic acids is 2. The lowest BCUT2D eigenvalue weighted by molar-refractivity contribution is -0.149. The number of hydrogen-bond acceptors (Lipinski definition) is 3. The van der Waals surface area contributed by atoms with Crippen molar-refractivity contribution in [2.45, 2.75) is 206 Å². The van der Waals surface area contributed by atoms with Crippen LogP contribution in [0.15, 0.2) is 0 Å². The molecule has 3 heteroatoms. The zero-order valence-electron chi connectivity index (χ0n) is 25.3. The monoisotopic (exact) mass is 521 g/mol. The van der Waals surface area contributed by atoms with Crippen LogP contribution < -0.4 is 0 Å². The summed E-state index contributed by atoms with van der Waals surface area (Å²) in [6.45, 7) is 4.54. The summed E-state index contributed by atoms with van der Waals surface area (Å²) >= 11 is 0. The molecule has 3 nitrogen and oxygen atoms in total. The number of esters is 1. The Hall–Kier alpha value is -0.860. The van der Waals surface area contributed by atoms with Crippen molar-refractivity contribution >= 4 is 12.3 Å². The Morgan fingerprint density at radius 1 is 0.514 bits per heavy atom. The van der Waals surface area contributed by atoms with E-state index in [4.69, 9.17) is 4.74 Å². The van der Waals surface area contributed by atoms with Gasteiger partial charge in [-0.15, -0.1) is 0 Å². The number of rotatable bonds is 31. The summed E-state index contributed by atoms with van der Waals surface area (Å²) in [5.41, 5.74) is 0. The third-order valence-corrected chi connectivity index (χ3v) is 7.72. The van der Waals surface area contributed by atoms with Crippen LogP contribution >= 0.6 is 0 Å². The van der Waals surface area contributed by atoms with Gasteiger partial charge in [0, 0.05) is 6.42 Å². The summed E-state index contributed by atoms with van der Waals surface area (Å²) in [5, 5.41) is 0. The molecule has 0 saturated heterocycles. The highest BCUT2D eigenvalue weighted by Crippen LogP contribution is 2.16. The highest BCUT2D eigenvalue weighted by atomic mass is 16.5. The second-order valence-corrected chi connectivity index (χ2v) is 11.5. The largest absolute Gasteiger partial charge is 0.462 e. The molecular weight excluding hydrogens is 456 g/mol. The quantitative estimate of drug-likeness (QED) is 0.0673. The van der Waals surface area contributed by atoms with Gasteiger partial charge in [0.2, 0.25) is 6.29 Å². The lowest BCUT2D eigenvalue weighted by atomic mass is 10.0. The van der Waals surface area contributed by atoms with Gasteiger partial charge in [0.05, 0.1) is 6.42 Å². The normalized spacial score (nSPS) is 12.1. The maximum atomic E-state index is 12.2. The SMILES string of the molecule is CCCCCCCCCCCCCCCCCCC(=O)OC(C[C]=O)CCCCCCCCCCCC. The van der Waals surface area contributed by atoms with Gasteiger partial charge in [0.25, 0.3) is 0 Å². The van der Waals surface area contributed by atoms with Crippen LogP contribution in [-0.2, 0) is 14.3 Å². The van der Waals surface area contributed by atoms with E-state index in [1.165, 1.54) is 148 Å². The number of carbonyl (C=O) groups is 1. The van der Waals surface area contributed by atoms with E-state index in [1.807, 2.05) is 6.29 Å². The Labute approximate surface area is 232 Å². The first-order valence-electron chi connectivity index (χ1n) is 16.8. The number of unbranched alkanes of at least 4 members (excludes halogenated alkanes) is 24. The highest BCUT2D eigenvalue weighted by molar-refractivity contribution is 5.69. The first kappa shape index (κ1) is 36.1. The summed E-state index contributed by atoms with van der Waals surface area (Å²) in [7, 11) is 0. The van der Waals surface area contributed by atoms with Crippen molar-refractivity contribution < 1.29 is 14.3 Å². The predicted molar refractivity (Wildman–Crippen MR) is 161 cm³/mol. The van der Waals surface area contributed by atoms with Crippen molar-refractivity contribution in [3.05, 3.63) is 0 Å². The fourth-order valence-electron chi connectivity index (χ4n) is 5.22. The lowest BCUT2D eigenvalue weighted by Crippen LogP contribution is -2.18. The van der Waals surface area contributed by atoms with Gasteiger partial charge in [-0.2, -0.15) is 0 Å². The van der Waals surface area contributed by atoms with Gasteiger partial charge in [-0.25, -0.2) is 0 Å². The van der Waals surface area contributed by atoms with Gasteiger partial charge in [-0.1, -0.05) is 168 Å². The molecule has 0 spiro atoms. The maximum Gasteiger partial charge on any atom is 0.306 e. The molecule has 0 heterocycles. The van der Waals surface area contributed by atoms with E-state index in [0.29, 0.717) is 6.42 Å². The Morgan fingerprint density at radius 3 is 1.19 bits per heavy atom. The third kappa shape index (κ3) is 29.5. The van der Waals surface area contributed by atoms with Crippen LogP contribution in [0.4, 0.5) is 0 Å². The molecule has 0 bridgehead atoms. The molecule has 1 unspecified atom stereocenters. The smallest absolute Gasteiger partial charge is 0.306 e. The first-order valence-corrected chi connectivity index (χ1v) is 16.8. The molecule has 0 saturated carbocycles. The van der Waals surface area contributed by atoms with E-state index < -0.39 is 0 Å². The average molecular weight is 522 g/mol. The average Bonchev–Trinajstić information content (AvgIpc) is 2.89. The molecule has 0 aromatic heterocycles. The van der Waals surface area contributed by atoms with Crippen molar-refractivity contribution in [1.29, 1.82) is 0 Å². The zero-order valence-corrected chi connectivity index (χ0v) is 25.3. The fourth-order valence-corrected chi connectivity index (χ4v) is 5.22. The van der Waals surface area contributed by atoms with Crippen LogP contribution in [0, 0.1) is 0 Å². The van der Waals surface area contributed by atoms with Crippen LogP contribution in [0.25, 0.3) is 0 Å². The van der Waals surface area contributed by atoms with Gasteiger partial charge in [-0.05, 0) is 19.3 Å². The summed E-state index contributed by atoms with van der Waals surface area (Å²) in [5.74, 6) is -0.127. The van der Waals surface area contributed by atoms with Crippen LogP contribution in [0.5, 0.6) is 0 Å². The fraction of sp³-hybridized carbons (Fsp3) is 0.941. The van der Waals surface area contributed by atoms with Crippen molar-refractivity contribution in [3.63, 3.8) is 0 Å². The van der Waals surface area contributed by atoms with Gasteiger partial charge < -0.3 is 4.74 Å². The second kappa shape index (κ2) is 31.4. The highest BCUT2D eigenvalue weighted by Gasteiger charge is 2.14. The molecular formula is C34H65O3. The molecule has 0 amide bonds. The Bertz CT molecular complexity index is 462. The van der Waals surface area contributed by atoms with Crippen molar-refractivity contribution in [3.8, 4) is 0 Å². The molecule has 0 N–H and O–H groups in total. The van der Waals surface area contributed by atoms with Crippen molar-refractivity contribution in [2.75, 3.05) is 0 Å². The third-order valence-electron chi connectivity index (χ3n) is 7.72. The lowest BCUT2D eigenvalue weighted by Gasteiger charge is -2.15. The molecule has 0 aromatic carbocycles. The number of hydrogen-bond donors (Lipinski definition) is 0. The Morgan fingerprint density at radius 2 is 0.838 bits per heavy atom. The second-order valence-electron chi connectivity index (χ2n) is 11.5. The topological polar surface area (TPSA) is 43.4 Å². The van der Waals surface area contributed by atoms with Crippen molar-refractivity contribution in [1.82, 2.24) is 0 Å². The summed E-state index contributed by atoms with van der Waals surface area (Å²) < 4.78 is 5.60. The van der Waals surface area contributed by atoms with Gasteiger partial charge >= 0.3 is 5.97 Å². The van der Waals surface area contributed by atoms with Gasteiger partial charge in [0.1, 0.15) is 6.10 Å². The predicted octanol–water partition coefficient (Wildman–Crippen LogP) is 11.4. The molecule has 0 aliphatic heterocycles. The minimum absolute atomic E-state index is 0.127. The van der Waals surface area contributed by atoms with Gasteiger partial charge in [-0.3, -0.25) is 9.59 Å². The standard InChI is InChI=1S/C34H65O3/c1-3-5-7-9-11-13-15-16-17-18-19-20-22-24-26-28-30-34(36)37-33(31-32-35)29-27-25-23-21-14-12-10-8-6-4-2/h33H,3-31H2,1-2H3.